The van der Waals surface area contributed by atoms with E-state index in [1.807, 2.05) is 37.1 Å². The Balaban J connectivity index is 2.22. The molecule has 0 saturated heterocycles. The highest BCUT2D eigenvalue weighted by atomic mass is 15.3. The number of nitrogens with zero attached hydrogens (tertiary/aromatic N) is 4. The molecule has 1 atom stereocenters. The fourth-order valence-electron chi connectivity index (χ4n) is 2.21. The first kappa shape index (κ1) is 12.8. The van der Waals surface area contributed by atoms with Crippen LogP contribution in [0.15, 0.2) is 18.5 Å². The van der Waals surface area contributed by atoms with Crippen LogP contribution in [0.1, 0.15) is 30.2 Å². The number of nitrogens with one attached hydrogen (secondary N) is 1. The minimum atomic E-state index is 0.0175. The predicted octanol–water partition coefficient (Wildman–Crippen LogP) is 0.692. The SMILES string of the molecule is CCn1ccnc1CC(NN)c1cc(C)nn1C. The normalized spacial score (nSPS) is 12.9. The molecule has 0 aliphatic rings. The van der Waals surface area contributed by atoms with Crippen molar-refractivity contribution in [3.63, 3.8) is 0 Å². The van der Waals surface area contributed by atoms with Gasteiger partial charge in [-0.25, -0.2) is 4.98 Å². The van der Waals surface area contributed by atoms with Gasteiger partial charge in [0.25, 0.3) is 0 Å². The van der Waals surface area contributed by atoms with Crippen LogP contribution in [0.2, 0.25) is 0 Å². The lowest BCUT2D eigenvalue weighted by Crippen LogP contribution is -2.31. The standard InChI is InChI=1S/C12H20N6/c1-4-18-6-5-14-12(18)8-10(15-13)11-7-9(2)16-17(11)3/h5-7,10,15H,4,8,13H2,1-3H3. The van der Waals surface area contributed by atoms with Crippen molar-refractivity contribution in [3.05, 3.63) is 35.7 Å². The van der Waals surface area contributed by atoms with Gasteiger partial charge < -0.3 is 4.57 Å². The molecule has 0 aliphatic carbocycles. The van der Waals surface area contributed by atoms with Crippen molar-refractivity contribution in [2.24, 2.45) is 12.9 Å². The molecule has 6 heteroatoms. The van der Waals surface area contributed by atoms with Gasteiger partial charge >= 0.3 is 0 Å². The van der Waals surface area contributed by atoms with Gasteiger partial charge in [-0.3, -0.25) is 16.0 Å². The summed E-state index contributed by atoms with van der Waals surface area (Å²) in [6.45, 7) is 4.99. The quantitative estimate of drug-likeness (QED) is 0.603. The second-order valence-corrected chi connectivity index (χ2v) is 4.39. The van der Waals surface area contributed by atoms with Crippen molar-refractivity contribution in [1.29, 1.82) is 0 Å². The Kier molecular flexibility index (Phi) is 3.78. The van der Waals surface area contributed by atoms with Crippen LogP contribution in [0.4, 0.5) is 0 Å². The summed E-state index contributed by atoms with van der Waals surface area (Å²) in [5.41, 5.74) is 4.91. The molecule has 18 heavy (non-hydrogen) atoms. The molecule has 2 heterocycles. The number of aromatic nitrogens is 4. The third kappa shape index (κ3) is 2.44. The van der Waals surface area contributed by atoms with E-state index in [0.29, 0.717) is 0 Å². The fourth-order valence-corrected chi connectivity index (χ4v) is 2.21. The zero-order chi connectivity index (χ0) is 13.1. The van der Waals surface area contributed by atoms with Gasteiger partial charge in [-0.2, -0.15) is 5.10 Å². The highest BCUT2D eigenvalue weighted by Crippen LogP contribution is 2.17. The molecule has 0 aromatic carbocycles. The third-order valence-electron chi connectivity index (χ3n) is 3.13. The van der Waals surface area contributed by atoms with Gasteiger partial charge in [0.2, 0.25) is 0 Å². The maximum atomic E-state index is 5.66. The first-order chi connectivity index (χ1) is 8.65. The summed E-state index contributed by atoms with van der Waals surface area (Å²) in [4.78, 5) is 4.37. The van der Waals surface area contributed by atoms with E-state index in [1.165, 1.54) is 0 Å². The van der Waals surface area contributed by atoms with Gasteiger partial charge in [0.15, 0.2) is 0 Å². The number of hydrazine groups is 1. The Morgan fingerprint density at radius 2 is 2.28 bits per heavy atom. The van der Waals surface area contributed by atoms with Gasteiger partial charge in [-0.1, -0.05) is 0 Å². The first-order valence-corrected chi connectivity index (χ1v) is 6.12. The molecule has 2 rings (SSSR count). The smallest absolute Gasteiger partial charge is 0.110 e. The average Bonchev–Trinajstić information content (AvgIpc) is 2.92. The topological polar surface area (TPSA) is 73.7 Å². The highest BCUT2D eigenvalue weighted by Gasteiger charge is 2.17. The number of imidazole rings is 1. The Bertz CT molecular complexity index is 512. The molecule has 6 nitrogen and oxygen atoms in total. The molecule has 0 amide bonds. The molecule has 2 aromatic heterocycles. The number of hydrogen-bond donors (Lipinski definition) is 2. The Morgan fingerprint density at radius 3 is 2.83 bits per heavy atom. The molecule has 0 saturated carbocycles. The molecule has 0 bridgehead atoms. The summed E-state index contributed by atoms with van der Waals surface area (Å²) in [6.07, 6.45) is 4.55. The average molecular weight is 248 g/mol. The molecule has 0 fully saturated rings. The zero-order valence-electron chi connectivity index (χ0n) is 11.1. The summed E-state index contributed by atoms with van der Waals surface area (Å²) in [6, 6.07) is 2.06. The monoisotopic (exact) mass is 248 g/mol. The van der Waals surface area contributed by atoms with E-state index < -0.39 is 0 Å². The van der Waals surface area contributed by atoms with Crippen molar-refractivity contribution in [2.45, 2.75) is 32.9 Å². The van der Waals surface area contributed by atoms with Crippen LogP contribution in [0.3, 0.4) is 0 Å². The fraction of sp³-hybridized carbons (Fsp3) is 0.500. The first-order valence-electron chi connectivity index (χ1n) is 6.12. The van der Waals surface area contributed by atoms with Crippen LogP contribution in [-0.2, 0) is 20.0 Å². The molecule has 0 aliphatic heterocycles. The lowest BCUT2D eigenvalue weighted by atomic mass is 10.1. The second-order valence-electron chi connectivity index (χ2n) is 4.39. The van der Waals surface area contributed by atoms with Gasteiger partial charge in [-0.15, -0.1) is 0 Å². The van der Waals surface area contributed by atoms with Crippen LogP contribution in [0, 0.1) is 6.92 Å². The summed E-state index contributed by atoms with van der Waals surface area (Å²) >= 11 is 0. The number of aryl methyl sites for hydroxylation is 3. The number of rotatable bonds is 5. The number of hydrogen-bond acceptors (Lipinski definition) is 4. The minimum Gasteiger partial charge on any atom is -0.335 e. The lowest BCUT2D eigenvalue weighted by molar-refractivity contribution is 0.488. The van der Waals surface area contributed by atoms with E-state index in [2.05, 4.69) is 27.0 Å². The molecular weight excluding hydrogens is 228 g/mol. The Morgan fingerprint density at radius 1 is 1.50 bits per heavy atom. The van der Waals surface area contributed by atoms with E-state index in [1.54, 1.807) is 0 Å². The van der Waals surface area contributed by atoms with E-state index in [4.69, 9.17) is 5.84 Å². The predicted molar refractivity (Wildman–Crippen MR) is 69.6 cm³/mol. The summed E-state index contributed by atoms with van der Waals surface area (Å²) < 4.78 is 3.98. The van der Waals surface area contributed by atoms with Crippen LogP contribution < -0.4 is 11.3 Å². The van der Waals surface area contributed by atoms with Crippen molar-refractivity contribution < 1.29 is 0 Å². The maximum Gasteiger partial charge on any atom is 0.110 e. The molecule has 3 N–H and O–H groups in total. The van der Waals surface area contributed by atoms with Crippen LogP contribution in [0.25, 0.3) is 0 Å². The summed E-state index contributed by atoms with van der Waals surface area (Å²) in [5.74, 6) is 6.69. The Labute approximate surface area is 107 Å². The van der Waals surface area contributed by atoms with Crippen LogP contribution in [0.5, 0.6) is 0 Å². The van der Waals surface area contributed by atoms with Gasteiger partial charge in [0, 0.05) is 32.4 Å². The van der Waals surface area contributed by atoms with Crippen LogP contribution in [-0.4, -0.2) is 19.3 Å². The van der Waals surface area contributed by atoms with E-state index in [-0.39, 0.29) is 6.04 Å². The van der Waals surface area contributed by atoms with E-state index in [0.717, 1.165) is 30.2 Å². The van der Waals surface area contributed by atoms with Gasteiger partial charge in [0.1, 0.15) is 5.82 Å². The van der Waals surface area contributed by atoms with Gasteiger partial charge in [-0.05, 0) is 19.9 Å². The van der Waals surface area contributed by atoms with Crippen molar-refractivity contribution in [3.8, 4) is 0 Å². The molecule has 2 aromatic rings. The second kappa shape index (κ2) is 5.32. The van der Waals surface area contributed by atoms with E-state index in [9.17, 15) is 0 Å². The minimum absolute atomic E-state index is 0.0175. The largest absolute Gasteiger partial charge is 0.335 e. The van der Waals surface area contributed by atoms with Gasteiger partial charge in [0.05, 0.1) is 17.4 Å². The Hall–Kier alpha value is -1.66. The van der Waals surface area contributed by atoms with Crippen molar-refractivity contribution >= 4 is 0 Å². The lowest BCUT2D eigenvalue weighted by Gasteiger charge is -2.16. The van der Waals surface area contributed by atoms with Crippen molar-refractivity contribution in [1.82, 2.24) is 24.8 Å². The molecule has 0 spiro atoms. The molecular formula is C12H20N6. The summed E-state index contributed by atoms with van der Waals surface area (Å²) in [5, 5.41) is 4.35. The summed E-state index contributed by atoms with van der Waals surface area (Å²) in [7, 11) is 1.93. The van der Waals surface area contributed by atoms with E-state index >= 15 is 0 Å². The molecule has 1 unspecified atom stereocenters. The zero-order valence-corrected chi connectivity index (χ0v) is 11.1. The highest BCUT2D eigenvalue weighted by molar-refractivity contribution is 5.14. The maximum absolute atomic E-state index is 5.66. The molecule has 0 radical (unpaired) electrons. The van der Waals surface area contributed by atoms with Crippen molar-refractivity contribution in [2.75, 3.05) is 0 Å². The number of nitrogens with two attached hydrogens (primary N) is 1. The third-order valence-corrected chi connectivity index (χ3v) is 3.13. The molecule has 98 valence electrons. The van der Waals surface area contributed by atoms with Crippen LogP contribution >= 0.6 is 0 Å².